The first-order chi connectivity index (χ1) is 8.02. The molecule has 1 aliphatic heterocycles. The molecule has 3 N–H and O–H groups in total. The Bertz CT molecular complexity index is 522. The third-order valence-corrected chi connectivity index (χ3v) is 2.77. The van der Waals surface area contributed by atoms with Gasteiger partial charge in [0.05, 0.1) is 23.8 Å². The van der Waals surface area contributed by atoms with Gasteiger partial charge in [-0.25, -0.2) is 0 Å². The first-order valence-corrected chi connectivity index (χ1v) is 5.22. The van der Waals surface area contributed by atoms with Crippen molar-refractivity contribution in [3.8, 4) is 0 Å². The number of nitrogens with zero attached hydrogens (tertiary/aromatic N) is 2. The van der Waals surface area contributed by atoms with Gasteiger partial charge in [0.15, 0.2) is 6.23 Å². The topological polar surface area (TPSA) is 110 Å². The lowest BCUT2D eigenvalue weighted by molar-refractivity contribution is -0.670. The smallest absolute Gasteiger partial charge is 0.309 e. The summed E-state index contributed by atoms with van der Waals surface area (Å²) in [6.07, 6.45) is -0.702. The van der Waals surface area contributed by atoms with Crippen molar-refractivity contribution in [2.45, 2.75) is 31.8 Å². The maximum atomic E-state index is 11.5. The molecule has 0 saturated carbocycles. The van der Waals surface area contributed by atoms with Crippen LogP contribution in [0.4, 0.5) is 0 Å². The molecule has 0 aliphatic carbocycles. The Morgan fingerprint density at radius 2 is 2.41 bits per heavy atom. The minimum Gasteiger partial charge on any atom is -0.394 e. The molecule has 0 spiro atoms. The largest absolute Gasteiger partial charge is 0.394 e. The first-order valence-electron chi connectivity index (χ1n) is 5.22. The quantitative estimate of drug-likeness (QED) is 0.523. The second-order valence-electron chi connectivity index (χ2n) is 4.02. The molecule has 1 unspecified atom stereocenters. The third-order valence-electron chi connectivity index (χ3n) is 2.77. The van der Waals surface area contributed by atoms with Crippen LogP contribution in [-0.4, -0.2) is 38.8 Å². The lowest BCUT2D eigenvalue weighted by Crippen LogP contribution is -2.42. The van der Waals surface area contributed by atoms with Gasteiger partial charge in [0.25, 0.3) is 4.66 Å². The van der Waals surface area contributed by atoms with Crippen LogP contribution in [0, 0.1) is 11.8 Å². The fraction of sp³-hybridized carbons (Fsp3) is 0.667. The number of aliphatic hydroxyl groups excluding tert-OH is 2. The highest BCUT2D eigenvalue weighted by atomic mass is 16.5. The fourth-order valence-corrected chi connectivity index (χ4v) is 1.78. The zero-order valence-electron chi connectivity index (χ0n) is 9.24. The Morgan fingerprint density at radius 3 is 3.00 bits per heavy atom. The molecule has 1 aromatic heterocycles. The summed E-state index contributed by atoms with van der Waals surface area (Å²) in [5.41, 5.74) is -0.115. The summed E-state index contributed by atoms with van der Waals surface area (Å²) in [6, 6.07) is 0. The standard InChI is InChI=1S/C9H13N3O5/c1-5-3-11(12(16)10-9(5)15)8-2-6(14)7(4-13)17-8/h3,6-8,13-14H,2,4H2,1H3/p+1/t6?,7-,8-/m1/s1. The Hall–Kier alpha value is -1.51. The van der Waals surface area contributed by atoms with Crippen molar-refractivity contribution in [3.05, 3.63) is 27.0 Å². The van der Waals surface area contributed by atoms with Crippen LogP contribution < -0.4 is 10.2 Å². The van der Waals surface area contributed by atoms with Crippen molar-refractivity contribution in [1.29, 1.82) is 0 Å². The molecule has 2 heterocycles. The molecule has 1 aliphatic rings. The number of aryl methyl sites for hydroxylation is 1. The van der Waals surface area contributed by atoms with Crippen molar-refractivity contribution in [2.24, 2.45) is 0 Å². The minimum absolute atomic E-state index is 0.184. The van der Waals surface area contributed by atoms with Crippen LogP contribution in [0.5, 0.6) is 0 Å². The van der Waals surface area contributed by atoms with Crippen LogP contribution in [0.2, 0.25) is 0 Å². The maximum Gasteiger partial charge on any atom is 0.309 e. The predicted octanol–water partition coefficient (Wildman–Crippen LogP) is -1.96. The molecule has 1 aromatic rings. The van der Waals surface area contributed by atoms with E-state index in [0.29, 0.717) is 5.56 Å². The summed E-state index contributed by atoms with van der Waals surface area (Å²) in [6.45, 7) is 1.24. The molecule has 8 nitrogen and oxygen atoms in total. The van der Waals surface area contributed by atoms with E-state index in [-0.39, 0.29) is 17.7 Å². The molecule has 17 heavy (non-hydrogen) atoms. The molecular formula is C9H14N3O5+. The SMILES string of the molecule is Cc1cn([C@H]2CC(O)[C@@H](CO)O2)[n+](=O)[nH]c1=O. The van der Waals surface area contributed by atoms with E-state index in [2.05, 4.69) is 5.10 Å². The zero-order chi connectivity index (χ0) is 12.6. The summed E-state index contributed by atoms with van der Waals surface area (Å²) >= 11 is 0. The van der Waals surface area contributed by atoms with E-state index in [1.54, 1.807) is 6.92 Å². The molecule has 0 radical (unpaired) electrons. The van der Waals surface area contributed by atoms with Gasteiger partial charge in [-0.1, -0.05) is 4.68 Å². The Kier molecular flexibility index (Phi) is 3.09. The molecular weight excluding hydrogens is 230 g/mol. The van der Waals surface area contributed by atoms with E-state index in [4.69, 9.17) is 9.84 Å². The van der Waals surface area contributed by atoms with Crippen LogP contribution in [0.1, 0.15) is 18.2 Å². The highest BCUT2D eigenvalue weighted by Gasteiger charge is 2.37. The number of aromatic nitrogens is 3. The molecule has 1 saturated heterocycles. The van der Waals surface area contributed by atoms with Gasteiger partial charge < -0.3 is 14.9 Å². The molecule has 0 bridgehead atoms. The van der Waals surface area contributed by atoms with Gasteiger partial charge >= 0.3 is 5.56 Å². The molecule has 8 heteroatoms. The van der Waals surface area contributed by atoms with E-state index in [1.807, 2.05) is 0 Å². The molecule has 94 valence electrons. The summed E-state index contributed by atoms with van der Waals surface area (Å²) in [5.74, 6) is 0. The van der Waals surface area contributed by atoms with Crippen molar-refractivity contribution in [3.63, 3.8) is 0 Å². The van der Waals surface area contributed by atoms with Crippen molar-refractivity contribution >= 4 is 0 Å². The molecule has 1 fully saturated rings. The van der Waals surface area contributed by atoms with Gasteiger partial charge in [-0.15, -0.1) is 0 Å². The van der Waals surface area contributed by atoms with Crippen LogP contribution in [0.3, 0.4) is 0 Å². The predicted molar refractivity (Wildman–Crippen MR) is 54.8 cm³/mol. The van der Waals surface area contributed by atoms with Crippen LogP contribution >= 0.6 is 0 Å². The number of hydrogen-bond donors (Lipinski definition) is 3. The number of rotatable bonds is 2. The van der Waals surface area contributed by atoms with Gasteiger partial charge in [-0.3, -0.25) is 4.79 Å². The maximum absolute atomic E-state index is 11.5. The van der Waals surface area contributed by atoms with E-state index in [0.717, 1.165) is 4.68 Å². The number of nitrogens with one attached hydrogen (secondary N) is 1. The van der Waals surface area contributed by atoms with E-state index >= 15 is 0 Å². The van der Waals surface area contributed by atoms with Gasteiger partial charge in [0.2, 0.25) is 0 Å². The van der Waals surface area contributed by atoms with E-state index in [9.17, 15) is 14.8 Å². The molecule has 0 aromatic carbocycles. The average molecular weight is 244 g/mol. The number of H-pyrrole nitrogens is 1. The number of aliphatic hydroxyl groups is 2. The number of ether oxygens (including phenoxy) is 1. The lowest BCUT2D eigenvalue weighted by Gasteiger charge is -2.09. The third kappa shape index (κ3) is 2.14. The van der Waals surface area contributed by atoms with Crippen molar-refractivity contribution < 1.29 is 19.6 Å². The summed E-state index contributed by atoms with van der Waals surface area (Å²) in [7, 11) is 0. The van der Waals surface area contributed by atoms with Crippen molar-refractivity contribution in [1.82, 2.24) is 9.78 Å². The zero-order valence-corrected chi connectivity index (χ0v) is 9.24. The van der Waals surface area contributed by atoms with Crippen LogP contribution in [0.25, 0.3) is 0 Å². The molecule has 2 rings (SSSR count). The molecule has 0 amide bonds. The minimum atomic E-state index is -0.829. The Balaban J connectivity index is 2.34. The van der Waals surface area contributed by atoms with Gasteiger partial charge in [0, 0.05) is 12.0 Å². The summed E-state index contributed by atoms with van der Waals surface area (Å²) in [4.78, 5) is 22.7. The lowest BCUT2D eigenvalue weighted by atomic mass is 10.2. The second kappa shape index (κ2) is 4.40. The monoisotopic (exact) mass is 244 g/mol. The second-order valence-corrected chi connectivity index (χ2v) is 4.02. The molecule has 3 atom stereocenters. The van der Waals surface area contributed by atoms with Gasteiger partial charge in [0.1, 0.15) is 6.10 Å². The van der Waals surface area contributed by atoms with Crippen molar-refractivity contribution in [2.75, 3.05) is 6.61 Å². The Morgan fingerprint density at radius 1 is 1.71 bits per heavy atom. The van der Waals surface area contributed by atoms with Crippen LogP contribution in [-0.2, 0) is 4.74 Å². The van der Waals surface area contributed by atoms with Crippen LogP contribution in [0.15, 0.2) is 11.0 Å². The van der Waals surface area contributed by atoms with E-state index < -0.39 is 24.0 Å². The highest BCUT2D eigenvalue weighted by molar-refractivity contribution is 4.97. The highest BCUT2D eigenvalue weighted by Crippen LogP contribution is 2.26. The Labute approximate surface area is 95.6 Å². The number of hydrogen-bond acceptors (Lipinski definition) is 5. The first kappa shape index (κ1) is 12.0. The van der Waals surface area contributed by atoms with Gasteiger partial charge in [-0.05, 0) is 12.0 Å². The summed E-state index contributed by atoms with van der Waals surface area (Å²) in [5, 5.41) is 20.6. The number of aromatic amines is 1. The average Bonchev–Trinajstić information content (AvgIpc) is 2.65. The normalized spacial score (nSPS) is 28.5. The van der Waals surface area contributed by atoms with Gasteiger partial charge in [-0.2, -0.15) is 0 Å². The van der Waals surface area contributed by atoms with E-state index in [1.165, 1.54) is 6.20 Å². The summed E-state index contributed by atoms with van der Waals surface area (Å²) < 4.78 is 6.70. The fourth-order valence-electron chi connectivity index (χ4n) is 1.78.